The highest BCUT2D eigenvalue weighted by Gasteiger charge is 2.23. The molecule has 0 aliphatic carbocycles. The number of nitrogens with one attached hydrogen (secondary N) is 2. The number of hydrogen-bond donors (Lipinski definition) is 2. The molecule has 0 bridgehead atoms. The van der Waals surface area contributed by atoms with E-state index in [9.17, 15) is 18.5 Å². The van der Waals surface area contributed by atoms with Gasteiger partial charge in [0.05, 0.1) is 23.4 Å². The van der Waals surface area contributed by atoms with Crippen LogP contribution in [0.25, 0.3) is 0 Å². The number of methoxy groups -OCH3 is 1. The van der Waals surface area contributed by atoms with Crippen molar-refractivity contribution in [1.29, 1.82) is 0 Å². The van der Waals surface area contributed by atoms with Crippen molar-refractivity contribution in [2.75, 3.05) is 17.3 Å². The Hall–Kier alpha value is -3.92. The molecule has 0 saturated carbocycles. The Morgan fingerprint density at radius 1 is 1.03 bits per heavy atom. The number of ether oxygens (including phenoxy) is 1. The molecule has 0 aliphatic rings. The molecule has 3 aromatic rings. The second kappa shape index (κ2) is 9.48. The van der Waals surface area contributed by atoms with Crippen LogP contribution in [0.2, 0.25) is 0 Å². The predicted molar refractivity (Wildman–Crippen MR) is 124 cm³/mol. The average Bonchev–Trinajstić information content (AvgIpc) is 2.78. The summed E-state index contributed by atoms with van der Waals surface area (Å²) in [5.74, 6) is 0.562. The number of non-ortho nitro benzene ring substituents is 1. The van der Waals surface area contributed by atoms with Gasteiger partial charge in [-0.1, -0.05) is 29.8 Å². The van der Waals surface area contributed by atoms with E-state index in [1.54, 1.807) is 19.1 Å². The third-order valence-electron chi connectivity index (χ3n) is 4.62. The molecule has 0 heterocycles. The Kier molecular flexibility index (Phi) is 6.74. The van der Waals surface area contributed by atoms with Crippen LogP contribution in [0.5, 0.6) is 5.75 Å². The highest BCUT2D eigenvalue weighted by atomic mass is 32.2. The lowest BCUT2D eigenvalue weighted by molar-refractivity contribution is -0.385. The van der Waals surface area contributed by atoms with Gasteiger partial charge in [-0.25, -0.2) is 8.42 Å². The van der Waals surface area contributed by atoms with Crippen LogP contribution in [0.1, 0.15) is 18.1 Å². The van der Waals surface area contributed by atoms with Crippen molar-refractivity contribution < 1.29 is 18.1 Å². The molecule has 0 saturated heterocycles. The summed E-state index contributed by atoms with van der Waals surface area (Å²) in [7, 11) is -2.67. The van der Waals surface area contributed by atoms with Crippen molar-refractivity contribution in [2.45, 2.75) is 18.7 Å². The van der Waals surface area contributed by atoms with Gasteiger partial charge in [0, 0.05) is 17.8 Å². The second-order valence-electron chi connectivity index (χ2n) is 6.95. The van der Waals surface area contributed by atoms with Crippen LogP contribution in [-0.4, -0.2) is 26.2 Å². The van der Waals surface area contributed by atoms with E-state index in [0.29, 0.717) is 11.5 Å². The molecule has 3 aromatic carbocycles. The molecule has 0 unspecified atom stereocenters. The number of nitro groups is 1. The molecule has 166 valence electrons. The van der Waals surface area contributed by atoms with E-state index in [-0.39, 0.29) is 22.0 Å². The molecular formula is C22H22N4O5S. The molecule has 2 N–H and O–H groups in total. The number of nitrogens with zero attached hydrogens (tertiary/aromatic N) is 2. The monoisotopic (exact) mass is 454 g/mol. The largest absolute Gasteiger partial charge is 0.497 e. The summed E-state index contributed by atoms with van der Waals surface area (Å²) >= 11 is 0. The third-order valence-corrected chi connectivity index (χ3v) is 6.04. The average molecular weight is 455 g/mol. The molecule has 0 fully saturated rings. The lowest BCUT2D eigenvalue weighted by atomic mass is 10.1. The number of anilines is 2. The van der Waals surface area contributed by atoms with Crippen LogP contribution in [0.3, 0.4) is 0 Å². The zero-order chi connectivity index (χ0) is 23.3. The van der Waals surface area contributed by atoms with Gasteiger partial charge in [0.1, 0.15) is 10.6 Å². The molecule has 0 aromatic heterocycles. The minimum absolute atomic E-state index is 0.100. The zero-order valence-electron chi connectivity index (χ0n) is 17.7. The van der Waals surface area contributed by atoms with E-state index in [1.165, 1.54) is 31.4 Å². The van der Waals surface area contributed by atoms with Gasteiger partial charge in [-0.3, -0.25) is 20.3 Å². The summed E-state index contributed by atoms with van der Waals surface area (Å²) in [5, 5.41) is 15.5. The summed E-state index contributed by atoms with van der Waals surface area (Å²) in [6, 6.07) is 17.4. The van der Waals surface area contributed by atoms with Gasteiger partial charge >= 0.3 is 0 Å². The minimum Gasteiger partial charge on any atom is -0.497 e. The van der Waals surface area contributed by atoms with Crippen LogP contribution in [0, 0.1) is 17.0 Å². The molecule has 0 aliphatic heterocycles. The molecule has 0 atom stereocenters. The highest BCUT2D eigenvalue weighted by molar-refractivity contribution is 7.92. The number of aryl methyl sites for hydroxylation is 1. The van der Waals surface area contributed by atoms with E-state index in [0.717, 1.165) is 17.2 Å². The summed E-state index contributed by atoms with van der Waals surface area (Å²) in [4.78, 5) is 10.3. The maximum Gasteiger partial charge on any atom is 0.270 e. The molecule has 9 nitrogen and oxygen atoms in total. The summed E-state index contributed by atoms with van der Waals surface area (Å²) in [5.41, 5.74) is 5.32. The Morgan fingerprint density at radius 2 is 1.69 bits per heavy atom. The first kappa shape index (κ1) is 22.8. The van der Waals surface area contributed by atoms with Gasteiger partial charge in [0.15, 0.2) is 0 Å². The molecule has 10 heteroatoms. The quantitative estimate of drug-likeness (QED) is 0.292. The predicted octanol–water partition coefficient (Wildman–Crippen LogP) is 4.55. The number of benzene rings is 3. The van der Waals surface area contributed by atoms with Crippen molar-refractivity contribution in [3.05, 3.63) is 88.0 Å². The molecule has 32 heavy (non-hydrogen) atoms. The molecular weight excluding hydrogens is 432 g/mol. The van der Waals surface area contributed by atoms with Crippen LogP contribution in [0.15, 0.2) is 76.7 Å². The topological polar surface area (TPSA) is 123 Å². The van der Waals surface area contributed by atoms with Crippen molar-refractivity contribution in [1.82, 2.24) is 0 Å². The SMILES string of the molecule is COc1ccc(NS(=O)(=O)c2cc([N+](=O)[O-])ccc2N/N=C(\C)c2ccc(C)cc2)cc1. The van der Waals surface area contributed by atoms with Crippen LogP contribution in [0.4, 0.5) is 17.1 Å². The second-order valence-corrected chi connectivity index (χ2v) is 8.60. The van der Waals surface area contributed by atoms with Crippen molar-refractivity contribution in [3.63, 3.8) is 0 Å². The first-order chi connectivity index (χ1) is 15.2. The van der Waals surface area contributed by atoms with Gasteiger partial charge in [-0.15, -0.1) is 0 Å². The fourth-order valence-electron chi connectivity index (χ4n) is 2.81. The number of nitro benzene ring substituents is 1. The summed E-state index contributed by atoms with van der Waals surface area (Å²) in [6.07, 6.45) is 0. The van der Waals surface area contributed by atoms with E-state index in [4.69, 9.17) is 4.74 Å². The van der Waals surface area contributed by atoms with E-state index >= 15 is 0 Å². The van der Waals surface area contributed by atoms with Crippen LogP contribution in [-0.2, 0) is 10.0 Å². The first-order valence-electron chi connectivity index (χ1n) is 9.52. The van der Waals surface area contributed by atoms with Gasteiger partial charge < -0.3 is 4.74 Å². The lowest BCUT2D eigenvalue weighted by Crippen LogP contribution is -2.15. The van der Waals surface area contributed by atoms with Gasteiger partial charge in [-0.2, -0.15) is 5.10 Å². The smallest absolute Gasteiger partial charge is 0.270 e. The van der Waals surface area contributed by atoms with E-state index in [1.807, 2.05) is 31.2 Å². The zero-order valence-corrected chi connectivity index (χ0v) is 18.5. The van der Waals surface area contributed by atoms with Crippen molar-refractivity contribution in [3.8, 4) is 5.75 Å². The number of sulfonamides is 1. The fourth-order valence-corrected chi connectivity index (χ4v) is 4.05. The van der Waals surface area contributed by atoms with Gasteiger partial charge in [0.2, 0.25) is 0 Å². The lowest BCUT2D eigenvalue weighted by Gasteiger charge is -2.13. The van der Waals surface area contributed by atoms with Crippen molar-refractivity contribution >= 4 is 32.8 Å². The Balaban J connectivity index is 1.95. The van der Waals surface area contributed by atoms with Crippen LogP contribution < -0.4 is 14.9 Å². The first-order valence-corrected chi connectivity index (χ1v) is 11.0. The normalized spacial score (nSPS) is 11.7. The molecule has 0 amide bonds. The Bertz CT molecular complexity index is 1250. The van der Waals surface area contributed by atoms with E-state index in [2.05, 4.69) is 15.2 Å². The van der Waals surface area contributed by atoms with Gasteiger partial charge in [0.25, 0.3) is 15.7 Å². The molecule has 0 spiro atoms. The van der Waals surface area contributed by atoms with Gasteiger partial charge in [-0.05, 0) is 49.7 Å². The standard InChI is InChI=1S/C22H22N4O5S/c1-15-4-6-17(7-5-15)16(2)23-24-21-13-10-19(26(27)28)14-22(21)32(29,30)25-18-8-11-20(31-3)12-9-18/h4-14,24-25H,1-3H3/b23-16+. The number of hydrazone groups is 1. The number of hydrogen-bond acceptors (Lipinski definition) is 7. The maximum absolute atomic E-state index is 13.1. The summed E-state index contributed by atoms with van der Waals surface area (Å²) in [6.45, 7) is 3.74. The number of rotatable bonds is 8. The highest BCUT2D eigenvalue weighted by Crippen LogP contribution is 2.29. The molecule has 0 radical (unpaired) electrons. The van der Waals surface area contributed by atoms with Crippen LogP contribution >= 0.6 is 0 Å². The Labute approximate surface area is 185 Å². The van der Waals surface area contributed by atoms with E-state index < -0.39 is 14.9 Å². The fraction of sp³-hybridized carbons (Fsp3) is 0.136. The molecule has 3 rings (SSSR count). The Morgan fingerprint density at radius 3 is 2.28 bits per heavy atom. The van der Waals surface area contributed by atoms with Crippen molar-refractivity contribution in [2.24, 2.45) is 5.10 Å². The third kappa shape index (κ3) is 5.41. The minimum atomic E-state index is -4.16. The maximum atomic E-state index is 13.1. The summed E-state index contributed by atoms with van der Waals surface area (Å²) < 4.78 is 33.6.